The molecule has 96 valence electrons. The molecule has 2 aliphatic carbocycles. The second kappa shape index (κ2) is 4.39. The highest BCUT2D eigenvalue weighted by Crippen LogP contribution is 2.45. The summed E-state index contributed by atoms with van der Waals surface area (Å²) in [6, 6.07) is 6.49. The number of nitrogens with one attached hydrogen (secondary N) is 1. The highest BCUT2D eigenvalue weighted by Gasteiger charge is 2.49. The third-order valence-corrected chi connectivity index (χ3v) is 4.25. The lowest BCUT2D eigenvalue weighted by molar-refractivity contribution is -0.127. The van der Waals surface area contributed by atoms with E-state index in [-0.39, 0.29) is 12.5 Å². The number of rotatable bonds is 4. The van der Waals surface area contributed by atoms with Gasteiger partial charge in [-0.15, -0.1) is 0 Å². The number of aliphatic hydroxyl groups excluding tert-OH is 1. The summed E-state index contributed by atoms with van der Waals surface area (Å²) >= 11 is 0. The van der Waals surface area contributed by atoms with E-state index in [9.17, 15) is 9.90 Å². The molecule has 2 N–H and O–H groups in total. The van der Waals surface area contributed by atoms with E-state index < -0.39 is 5.41 Å². The number of amides is 1. The molecule has 0 unspecified atom stereocenters. The predicted octanol–water partition coefficient (Wildman–Crippen LogP) is 1.56. The fourth-order valence-electron chi connectivity index (χ4n) is 2.71. The maximum Gasteiger partial charge on any atom is 0.228 e. The molecule has 0 heterocycles. The Hall–Kier alpha value is -1.35. The summed E-state index contributed by atoms with van der Waals surface area (Å²) in [7, 11) is 0. The van der Waals surface area contributed by atoms with Crippen molar-refractivity contribution in [1.82, 2.24) is 5.32 Å². The van der Waals surface area contributed by atoms with Crippen molar-refractivity contribution >= 4 is 5.91 Å². The average molecular weight is 245 g/mol. The first-order chi connectivity index (χ1) is 8.73. The number of benzene rings is 1. The largest absolute Gasteiger partial charge is 0.395 e. The average Bonchev–Trinajstić information content (AvgIpc) is 3.07. The minimum absolute atomic E-state index is 0.00509. The van der Waals surface area contributed by atoms with Crippen molar-refractivity contribution in [1.29, 1.82) is 0 Å². The smallest absolute Gasteiger partial charge is 0.228 e. The number of hydrogen-bond acceptors (Lipinski definition) is 2. The first kappa shape index (κ1) is 11.7. The summed E-state index contributed by atoms with van der Waals surface area (Å²) in [5, 5.41) is 12.1. The Morgan fingerprint density at radius 1 is 1.28 bits per heavy atom. The summed E-state index contributed by atoms with van der Waals surface area (Å²) in [6.07, 6.45) is 5.24. The van der Waals surface area contributed by atoms with E-state index in [2.05, 4.69) is 23.5 Å². The van der Waals surface area contributed by atoms with Gasteiger partial charge in [0.05, 0.1) is 12.0 Å². The van der Waals surface area contributed by atoms with Crippen LogP contribution in [0, 0.1) is 5.41 Å². The molecule has 3 heteroatoms. The number of aryl methyl sites for hydroxylation is 2. The van der Waals surface area contributed by atoms with Crippen molar-refractivity contribution in [3.05, 3.63) is 34.9 Å². The minimum Gasteiger partial charge on any atom is -0.395 e. The number of fused-ring (bicyclic) bond motifs is 1. The van der Waals surface area contributed by atoms with Crippen LogP contribution in [0.5, 0.6) is 0 Å². The van der Waals surface area contributed by atoms with Gasteiger partial charge >= 0.3 is 0 Å². The van der Waals surface area contributed by atoms with E-state index in [4.69, 9.17) is 0 Å². The minimum atomic E-state index is -0.462. The number of hydrogen-bond donors (Lipinski definition) is 2. The Morgan fingerprint density at radius 2 is 2.06 bits per heavy atom. The third-order valence-electron chi connectivity index (χ3n) is 4.25. The monoisotopic (exact) mass is 245 g/mol. The molecule has 0 aromatic heterocycles. The Bertz CT molecular complexity index is 477. The van der Waals surface area contributed by atoms with Gasteiger partial charge in [0.15, 0.2) is 0 Å². The molecule has 1 amide bonds. The fourth-order valence-corrected chi connectivity index (χ4v) is 2.71. The van der Waals surface area contributed by atoms with E-state index in [1.54, 1.807) is 0 Å². The molecule has 3 nitrogen and oxygen atoms in total. The van der Waals surface area contributed by atoms with E-state index in [1.165, 1.54) is 24.0 Å². The zero-order valence-corrected chi connectivity index (χ0v) is 10.5. The van der Waals surface area contributed by atoms with E-state index >= 15 is 0 Å². The van der Waals surface area contributed by atoms with Crippen LogP contribution in [0.1, 0.15) is 36.0 Å². The van der Waals surface area contributed by atoms with Gasteiger partial charge in [0.1, 0.15) is 0 Å². The molecule has 1 fully saturated rings. The van der Waals surface area contributed by atoms with Gasteiger partial charge in [0.2, 0.25) is 5.91 Å². The van der Waals surface area contributed by atoms with E-state index in [0.29, 0.717) is 6.54 Å². The fraction of sp³-hybridized carbons (Fsp3) is 0.533. The van der Waals surface area contributed by atoms with Gasteiger partial charge < -0.3 is 10.4 Å². The molecule has 18 heavy (non-hydrogen) atoms. The van der Waals surface area contributed by atoms with Crippen LogP contribution in [-0.2, 0) is 24.2 Å². The summed E-state index contributed by atoms with van der Waals surface area (Å²) in [5.74, 6) is 0.00509. The lowest BCUT2D eigenvalue weighted by atomic mass is 10.1. The molecule has 0 aliphatic heterocycles. The summed E-state index contributed by atoms with van der Waals surface area (Å²) < 4.78 is 0. The van der Waals surface area contributed by atoms with Crippen LogP contribution in [0.4, 0.5) is 0 Å². The number of aliphatic hydroxyl groups is 1. The van der Waals surface area contributed by atoms with Crippen molar-refractivity contribution in [3.8, 4) is 0 Å². The molecule has 0 radical (unpaired) electrons. The van der Waals surface area contributed by atoms with Gasteiger partial charge in [-0.1, -0.05) is 18.2 Å². The van der Waals surface area contributed by atoms with Gasteiger partial charge in [0, 0.05) is 6.54 Å². The first-order valence-electron chi connectivity index (χ1n) is 6.73. The first-order valence-corrected chi connectivity index (χ1v) is 6.73. The number of carbonyl (C=O) groups excluding carboxylic acids is 1. The molecule has 2 aliphatic rings. The quantitative estimate of drug-likeness (QED) is 0.846. The van der Waals surface area contributed by atoms with Crippen LogP contribution in [0.3, 0.4) is 0 Å². The summed E-state index contributed by atoms with van der Waals surface area (Å²) in [6.45, 7) is 0.552. The molecular formula is C15H19NO2. The van der Waals surface area contributed by atoms with Crippen LogP contribution >= 0.6 is 0 Å². The lowest BCUT2D eigenvalue weighted by Crippen LogP contribution is -2.33. The SMILES string of the molecule is O=C(NCc1ccc2c(c1)CCC2)C1(CO)CC1. The molecule has 1 aromatic rings. The Kier molecular flexibility index (Phi) is 2.86. The van der Waals surface area contributed by atoms with Crippen molar-refractivity contribution in [2.24, 2.45) is 5.41 Å². The van der Waals surface area contributed by atoms with Gasteiger partial charge in [-0.3, -0.25) is 4.79 Å². The van der Waals surface area contributed by atoms with Crippen LogP contribution < -0.4 is 5.32 Å². The molecule has 0 spiro atoms. The third kappa shape index (κ3) is 2.03. The predicted molar refractivity (Wildman–Crippen MR) is 69.1 cm³/mol. The lowest BCUT2D eigenvalue weighted by Gasteiger charge is -2.12. The maximum absolute atomic E-state index is 11.9. The van der Waals surface area contributed by atoms with Crippen molar-refractivity contribution in [2.45, 2.75) is 38.6 Å². The van der Waals surface area contributed by atoms with Crippen molar-refractivity contribution in [2.75, 3.05) is 6.61 Å². The summed E-state index contributed by atoms with van der Waals surface area (Å²) in [4.78, 5) is 11.9. The topological polar surface area (TPSA) is 49.3 Å². The molecule has 3 rings (SSSR count). The highest BCUT2D eigenvalue weighted by molar-refractivity contribution is 5.85. The van der Waals surface area contributed by atoms with Crippen LogP contribution in [0.25, 0.3) is 0 Å². The molecule has 0 saturated heterocycles. The van der Waals surface area contributed by atoms with Gasteiger partial charge in [0.25, 0.3) is 0 Å². The zero-order chi connectivity index (χ0) is 12.6. The zero-order valence-electron chi connectivity index (χ0n) is 10.5. The normalized spacial score (nSPS) is 19.4. The second-order valence-electron chi connectivity index (χ2n) is 5.58. The van der Waals surface area contributed by atoms with Crippen LogP contribution in [0.15, 0.2) is 18.2 Å². The standard InChI is InChI=1S/C15H19NO2/c17-10-15(6-7-15)14(18)16-9-11-4-5-12-2-1-3-13(12)8-11/h4-5,8,17H,1-3,6-7,9-10H2,(H,16,18). The molecule has 0 atom stereocenters. The van der Waals surface area contributed by atoms with E-state index in [0.717, 1.165) is 24.8 Å². The Morgan fingerprint density at radius 3 is 2.78 bits per heavy atom. The Labute approximate surface area is 107 Å². The van der Waals surface area contributed by atoms with Gasteiger partial charge in [-0.25, -0.2) is 0 Å². The van der Waals surface area contributed by atoms with Gasteiger partial charge in [-0.2, -0.15) is 0 Å². The molecular weight excluding hydrogens is 226 g/mol. The number of carbonyl (C=O) groups is 1. The Balaban J connectivity index is 1.62. The second-order valence-corrected chi connectivity index (χ2v) is 5.58. The summed E-state index contributed by atoms with van der Waals surface area (Å²) in [5.41, 5.74) is 3.60. The van der Waals surface area contributed by atoms with Crippen molar-refractivity contribution in [3.63, 3.8) is 0 Å². The highest BCUT2D eigenvalue weighted by atomic mass is 16.3. The van der Waals surface area contributed by atoms with E-state index in [1.807, 2.05) is 0 Å². The van der Waals surface area contributed by atoms with Crippen molar-refractivity contribution < 1.29 is 9.90 Å². The van der Waals surface area contributed by atoms with Crippen LogP contribution in [-0.4, -0.2) is 17.6 Å². The maximum atomic E-state index is 11.9. The molecule has 1 saturated carbocycles. The van der Waals surface area contributed by atoms with Crippen LogP contribution in [0.2, 0.25) is 0 Å². The molecule has 1 aromatic carbocycles. The van der Waals surface area contributed by atoms with Gasteiger partial charge in [-0.05, 0) is 48.8 Å². The molecule has 0 bridgehead atoms.